The summed E-state index contributed by atoms with van der Waals surface area (Å²) in [6, 6.07) is 12.9. The Hall–Kier alpha value is -1.87. The van der Waals surface area contributed by atoms with Crippen LogP contribution in [0.15, 0.2) is 47.2 Å². The van der Waals surface area contributed by atoms with Crippen LogP contribution in [0.2, 0.25) is 0 Å². The zero-order valence-electron chi connectivity index (χ0n) is 15.8. The molecule has 2 aromatic heterocycles. The molecule has 1 saturated carbocycles. The summed E-state index contributed by atoms with van der Waals surface area (Å²) in [5.41, 5.74) is 6.25. The van der Waals surface area contributed by atoms with Crippen molar-refractivity contribution in [2.45, 2.75) is 52.5 Å². The molecule has 1 aromatic carbocycles. The maximum atomic E-state index is 5.09. The van der Waals surface area contributed by atoms with Gasteiger partial charge < -0.3 is 0 Å². The van der Waals surface area contributed by atoms with E-state index in [1.807, 2.05) is 0 Å². The van der Waals surface area contributed by atoms with Crippen LogP contribution in [0.1, 0.15) is 44.7 Å². The third-order valence-electron chi connectivity index (χ3n) is 6.04. The maximum Gasteiger partial charge on any atom is 0.100 e. The van der Waals surface area contributed by atoms with Crippen molar-refractivity contribution in [1.82, 2.24) is 9.78 Å². The van der Waals surface area contributed by atoms with E-state index in [4.69, 9.17) is 5.10 Å². The van der Waals surface area contributed by atoms with Gasteiger partial charge in [0.25, 0.3) is 0 Å². The zero-order valence-corrected chi connectivity index (χ0v) is 16.6. The third kappa shape index (κ3) is 3.50. The van der Waals surface area contributed by atoms with E-state index >= 15 is 0 Å². The molecule has 136 valence electrons. The van der Waals surface area contributed by atoms with Gasteiger partial charge in [0, 0.05) is 23.4 Å². The van der Waals surface area contributed by atoms with E-state index in [1.54, 1.807) is 11.3 Å². The molecule has 0 spiro atoms. The fourth-order valence-corrected chi connectivity index (χ4v) is 4.99. The SMILES string of the molecule is CCC1CCC(Cn2nc(-c3ccccc3)c(-c3ccsc3)c2C)CC1. The van der Waals surface area contributed by atoms with Crippen LogP contribution in [0.5, 0.6) is 0 Å². The van der Waals surface area contributed by atoms with Crippen LogP contribution in [-0.2, 0) is 6.54 Å². The Morgan fingerprint density at radius 1 is 1.00 bits per heavy atom. The predicted octanol–water partition coefficient (Wildman–Crippen LogP) is 6.80. The van der Waals surface area contributed by atoms with Gasteiger partial charge in [-0.1, -0.05) is 56.5 Å². The van der Waals surface area contributed by atoms with Crippen molar-refractivity contribution in [1.29, 1.82) is 0 Å². The normalized spacial score (nSPS) is 20.4. The molecule has 0 unspecified atom stereocenters. The first-order valence-corrected chi connectivity index (χ1v) is 10.9. The van der Waals surface area contributed by atoms with Crippen LogP contribution < -0.4 is 0 Å². The minimum Gasteiger partial charge on any atom is -0.268 e. The predicted molar refractivity (Wildman–Crippen MR) is 111 cm³/mol. The van der Waals surface area contributed by atoms with Crippen molar-refractivity contribution < 1.29 is 0 Å². The molecule has 0 aliphatic heterocycles. The van der Waals surface area contributed by atoms with Crippen LogP contribution in [-0.4, -0.2) is 9.78 Å². The Balaban J connectivity index is 1.66. The van der Waals surface area contributed by atoms with Gasteiger partial charge in [0.2, 0.25) is 0 Å². The average molecular weight is 365 g/mol. The van der Waals surface area contributed by atoms with E-state index in [2.05, 4.69) is 65.7 Å². The molecule has 4 rings (SSSR count). The summed E-state index contributed by atoms with van der Waals surface area (Å²) in [4.78, 5) is 0. The molecule has 1 fully saturated rings. The quantitative estimate of drug-likeness (QED) is 0.486. The standard InChI is InChI=1S/C23H28N2S/c1-3-18-9-11-19(12-10-18)15-25-17(2)22(21-13-14-26-16-21)23(24-25)20-7-5-4-6-8-20/h4-8,13-14,16,18-19H,3,9-12,15H2,1-2H3. The molecule has 3 heteroatoms. The lowest BCUT2D eigenvalue weighted by Crippen LogP contribution is -2.19. The van der Waals surface area contributed by atoms with Crippen molar-refractivity contribution in [2.75, 3.05) is 0 Å². The van der Waals surface area contributed by atoms with E-state index in [0.717, 1.165) is 24.1 Å². The first kappa shape index (κ1) is 17.5. The maximum absolute atomic E-state index is 5.09. The van der Waals surface area contributed by atoms with E-state index in [1.165, 1.54) is 54.5 Å². The smallest absolute Gasteiger partial charge is 0.100 e. The minimum atomic E-state index is 0.773. The molecule has 0 amide bonds. The fourth-order valence-electron chi connectivity index (χ4n) is 4.34. The average Bonchev–Trinajstić information content (AvgIpc) is 3.32. The van der Waals surface area contributed by atoms with Crippen molar-refractivity contribution in [3.05, 3.63) is 52.9 Å². The number of hydrogen-bond donors (Lipinski definition) is 0. The molecule has 0 N–H and O–H groups in total. The highest BCUT2D eigenvalue weighted by Crippen LogP contribution is 2.37. The zero-order chi connectivity index (χ0) is 17.9. The van der Waals surface area contributed by atoms with Crippen LogP contribution in [0, 0.1) is 18.8 Å². The Bertz CT molecular complexity index is 825. The van der Waals surface area contributed by atoms with Gasteiger partial charge in [-0.05, 0) is 54.0 Å². The number of hydrogen-bond acceptors (Lipinski definition) is 2. The van der Waals surface area contributed by atoms with Gasteiger partial charge in [0.1, 0.15) is 5.69 Å². The van der Waals surface area contributed by atoms with Crippen LogP contribution in [0.25, 0.3) is 22.4 Å². The summed E-state index contributed by atoms with van der Waals surface area (Å²) >= 11 is 1.76. The number of benzene rings is 1. The number of rotatable bonds is 5. The first-order chi connectivity index (χ1) is 12.8. The van der Waals surface area contributed by atoms with Gasteiger partial charge in [-0.2, -0.15) is 16.4 Å². The highest BCUT2D eigenvalue weighted by molar-refractivity contribution is 7.08. The first-order valence-electron chi connectivity index (χ1n) is 9.91. The molecule has 0 bridgehead atoms. The second-order valence-electron chi connectivity index (χ2n) is 7.66. The number of thiophene rings is 1. The highest BCUT2D eigenvalue weighted by Gasteiger charge is 2.23. The van der Waals surface area contributed by atoms with E-state index in [-0.39, 0.29) is 0 Å². The lowest BCUT2D eigenvalue weighted by Gasteiger charge is -2.28. The highest BCUT2D eigenvalue weighted by atomic mass is 32.1. The van der Waals surface area contributed by atoms with Crippen molar-refractivity contribution in [2.24, 2.45) is 11.8 Å². The fraction of sp³-hybridized carbons (Fsp3) is 0.435. The van der Waals surface area contributed by atoms with Gasteiger partial charge in [-0.3, -0.25) is 4.68 Å². The summed E-state index contributed by atoms with van der Waals surface area (Å²) in [6.45, 7) is 5.64. The molecule has 0 saturated heterocycles. The van der Waals surface area contributed by atoms with Crippen LogP contribution in [0.4, 0.5) is 0 Å². The van der Waals surface area contributed by atoms with Crippen molar-refractivity contribution in [3.8, 4) is 22.4 Å². The van der Waals surface area contributed by atoms with Gasteiger partial charge in [0.05, 0.1) is 0 Å². The molecule has 0 radical (unpaired) electrons. The molecule has 2 nitrogen and oxygen atoms in total. The van der Waals surface area contributed by atoms with Gasteiger partial charge in [-0.15, -0.1) is 0 Å². The largest absolute Gasteiger partial charge is 0.268 e. The van der Waals surface area contributed by atoms with E-state index < -0.39 is 0 Å². The Morgan fingerprint density at radius 3 is 2.38 bits per heavy atom. The van der Waals surface area contributed by atoms with Gasteiger partial charge in [0.15, 0.2) is 0 Å². The Morgan fingerprint density at radius 2 is 1.73 bits per heavy atom. The molecule has 3 aromatic rings. The van der Waals surface area contributed by atoms with Crippen LogP contribution in [0.3, 0.4) is 0 Å². The molecule has 2 heterocycles. The van der Waals surface area contributed by atoms with E-state index in [0.29, 0.717) is 0 Å². The monoisotopic (exact) mass is 364 g/mol. The lowest BCUT2D eigenvalue weighted by molar-refractivity contribution is 0.241. The number of nitrogens with zero attached hydrogens (tertiary/aromatic N) is 2. The second-order valence-corrected chi connectivity index (χ2v) is 8.44. The topological polar surface area (TPSA) is 17.8 Å². The summed E-state index contributed by atoms with van der Waals surface area (Å²) in [6.07, 6.45) is 6.83. The van der Waals surface area contributed by atoms with Crippen molar-refractivity contribution >= 4 is 11.3 Å². The summed E-state index contributed by atoms with van der Waals surface area (Å²) < 4.78 is 2.28. The summed E-state index contributed by atoms with van der Waals surface area (Å²) in [7, 11) is 0. The number of aromatic nitrogens is 2. The van der Waals surface area contributed by atoms with Crippen molar-refractivity contribution in [3.63, 3.8) is 0 Å². The van der Waals surface area contributed by atoms with Crippen LogP contribution >= 0.6 is 11.3 Å². The summed E-state index contributed by atoms with van der Waals surface area (Å²) in [5, 5.41) is 9.49. The minimum absolute atomic E-state index is 0.773. The molecular formula is C23H28N2S. The summed E-state index contributed by atoms with van der Waals surface area (Å²) in [5.74, 6) is 1.72. The molecular weight excluding hydrogens is 336 g/mol. The lowest BCUT2D eigenvalue weighted by atomic mass is 9.81. The molecule has 1 aliphatic carbocycles. The van der Waals surface area contributed by atoms with E-state index in [9.17, 15) is 0 Å². The molecule has 26 heavy (non-hydrogen) atoms. The van der Waals surface area contributed by atoms with Gasteiger partial charge in [-0.25, -0.2) is 0 Å². The second kappa shape index (κ2) is 7.79. The molecule has 1 aliphatic rings. The molecule has 0 atom stereocenters. The Labute approximate surface area is 160 Å². The van der Waals surface area contributed by atoms with Gasteiger partial charge >= 0.3 is 0 Å². The Kier molecular flexibility index (Phi) is 5.26. The third-order valence-corrected chi connectivity index (χ3v) is 6.72.